The van der Waals surface area contributed by atoms with Crippen molar-refractivity contribution in [1.29, 1.82) is 0 Å². The molecule has 1 aromatic carbocycles. The molecule has 0 aliphatic heterocycles. The van der Waals surface area contributed by atoms with Crippen molar-refractivity contribution in [2.24, 2.45) is 5.73 Å². The van der Waals surface area contributed by atoms with Gasteiger partial charge in [0.05, 0.1) is 4.90 Å². The van der Waals surface area contributed by atoms with Crippen LogP contribution in [0.4, 0.5) is 0 Å². The van der Waals surface area contributed by atoms with Crippen LogP contribution in [0.3, 0.4) is 0 Å². The van der Waals surface area contributed by atoms with Gasteiger partial charge in [-0.2, -0.15) is 0 Å². The van der Waals surface area contributed by atoms with E-state index in [0.717, 1.165) is 4.31 Å². The predicted molar refractivity (Wildman–Crippen MR) is 82.0 cm³/mol. The van der Waals surface area contributed by atoms with Crippen molar-refractivity contribution < 1.29 is 13.2 Å². The predicted octanol–water partition coefficient (Wildman–Crippen LogP) is 0.681. The van der Waals surface area contributed by atoms with Crippen LogP contribution in [0, 0.1) is 0 Å². The molecule has 1 rings (SSSR count). The highest BCUT2D eigenvalue weighted by atomic mass is 32.2. The summed E-state index contributed by atoms with van der Waals surface area (Å²) in [5.41, 5.74) is 6.17. The van der Waals surface area contributed by atoms with Gasteiger partial charge in [-0.15, -0.1) is 0 Å². The number of carbonyl (C=O) groups is 1. The second-order valence-electron chi connectivity index (χ2n) is 5.19. The average Bonchev–Trinajstić information content (AvgIpc) is 2.42. The quantitative estimate of drug-likeness (QED) is 0.774. The van der Waals surface area contributed by atoms with E-state index in [9.17, 15) is 13.2 Å². The van der Waals surface area contributed by atoms with Gasteiger partial charge in [-0.05, 0) is 25.0 Å². The van der Waals surface area contributed by atoms with E-state index in [2.05, 4.69) is 5.32 Å². The number of hydrogen-bond acceptors (Lipinski definition) is 4. The topological polar surface area (TPSA) is 92.5 Å². The Morgan fingerprint density at radius 3 is 2.52 bits per heavy atom. The normalized spacial score (nSPS) is 13.2. The number of nitrogens with zero attached hydrogens (tertiary/aromatic N) is 1. The van der Waals surface area contributed by atoms with Gasteiger partial charge in [0.25, 0.3) is 0 Å². The summed E-state index contributed by atoms with van der Waals surface area (Å²) in [5.74, 6) is -0.135. The Labute approximate surface area is 126 Å². The van der Waals surface area contributed by atoms with E-state index in [1.54, 1.807) is 24.3 Å². The van der Waals surface area contributed by atoms with Gasteiger partial charge in [0.1, 0.15) is 0 Å². The van der Waals surface area contributed by atoms with E-state index >= 15 is 0 Å². The Hall–Kier alpha value is -1.44. The number of nitrogens with two attached hydrogens (primary N) is 1. The lowest BCUT2D eigenvalue weighted by Crippen LogP contribution is -2.28. The fraction of sp³-hybridized carbons (Fsp3) is 0.500. The Morgan fingerprint density at radius 2 is 1.95 bits per heavy atom. The molecule has 3 N–H and O–H groups in total. The molecule has 118 valence electrons. The standard InChI is InChI=1S/C14H23N3O3S/c1-11(15)8-9-14(18)16-10-12-6-4-5-7-13(12)21(19,20)17(2)3/h4-7,11H,8-10,15H2,1-3H3,(H,16,18). The molecule has 0 aliphatic carbocycles. The van der Waals surface area contributed by atoms with Gasteiger partial charge in [-0.1, -0.05) is 18.2 Å². The minimum Gasteiger partial charge on any atom is -0.352 e. The minimum absolute atomic E-state index is 0.0304. The van der Waals surface area contributed by atoms with Crippen molar-refractivity contribution in [3.05, 3.63) is 29.8 Å². The Kier molecular flexibility index (Phi) is 6.32. The Bertz CT molecular complexity index is 583. The van der Waals surface area contributed by atoms with Crippen molar-refractivity contribution in [2.75, 3.05) is 14.1 Å². The van der Waals surface area contributed by atoms with E-state index in [1.165, 1.54) is 14.1 Å². The highest BCUT2D eigenvalue weighted by Crippen LogP contribution is 2.18. The number of sulfonamides is 1. The van der Waals surface area contributed by atoms with Crippen molar-refractivity contribution in [1.82, 2.24) is 9.62 Å². The van der Waals surface area contributed by atoms with Gasteiger partial charge in [-0.25, -0.2) is 12.7 Å². The van der Waals surface area contributed by atoms with Crippen LogP contribution in [0.2, 0.25) is 0 Å². The zero-order valence-electron chi connectivity index (χ0n) is 12.7. The molecule has 0 bridgehead atoms. The summed E-state index contributed by atoms with van der Waals surface area (Å²) in [5, 5.41) is 2.73. The summed E-state index contributed by atoms with van der Waals surface area (Å²) in [6, 6.07) is 6.62. The number of nitrogens with one attached hydrogen (secondary N) is 1. The fourth-order valence-electron chi connectivity index (χ4n) is 1.74. The summed E-state index contributed by atoms with van der Waals surface area (Å²) in [4.78, 5) is 11.9. The first-order valence-electron chi connectivity index (χ1n) is 6.78. The molecule has 0 saturated carbocycles. The van der Waals surface area contributed by atoms with Crippen LogP contribution in [0.5, 0.6) is 0 Å². The number of benzene rings is 1. The van der Waals surface area contributed by atoms with Gasteiger partial charge in [-0.3, -0.25) is 4.79 Å². The number of rotatable bonds is 7. The van der Waals surface area contributed by atoms with Gasteiger partial charge >= 0.3 is 0 Å². The Morgan fingerprint density at radius 1 is 1.33 bits per heavy atom. The smallest absolute Gasteiger partial charge is 0.242 e. The molecule has 0 aromatic heterocycles. The molecule has 6 nitrogen and oxygen atoms in total. The molecule has 0 heterocycles. The number of amides is 1. The summed E-state index contributed by atoms with van der Waals surface area (Å²) >= 11 is 0. The molecule has 7 heteroatoms. The first-order valence-corrected chi connectivity index (χ1v) is 8.22. The highest BCUT2D eigenvalue weighted by Gasteiger charge is 2.20. The summed E-state index contributed by atoms with van der Waals surface area (Å²) < 4.78 is 25.6. The van der Waals surface area contributed by atoms with Gasteiger partial charge < -0.3 is 11.1 Å². The number of carbonyl (C=O) groups excluding carboxylic acids is 1. The van der Waals surface area contributed by atoms with Crippen LogP contribution in [-0.2, 0) is 21.4 Å². The maximum atomic E-state index is 12.2. The molecular formula is C14H23N3O3S. The maximum absolute atomic E-state index is 12.2. The molecular weight excluding hydrogens is 290 g/mol. The third kappa shape index (κ3) is 5.11. The van der Waals surface area contributed by atoms with Gasteiger partial charge in [0, 0.05) is 33.1 Å². The molecule has 0 aliphatic rings. The summed E-state index contributed by atoms with van der Waals surface area (Å²) in [6.07, 6.45) is 0.934. The van der Waals surface area contributed by atoms with Crippen LogP contribution >= 0.6 is 0 Å². The van der Waals surface area contributed by atoms with E-state index in [1.807, 2.05) is 6.92 Å². The second-order valence-corrected chi connectivity index (χ2v) is 7.31. The van der Waals surface area contributed by atoms with Crippen LogP contribution in [0.15, 0.2) is 29.2 Å². The van der Waals surface area contributed by atoms with Crippen LogP contribution in [-0.4, -0.2) is 38.8 Å². The lowest BCUT2D eigenvalue weighted by atomic mass is 10.2. The molecule has 1 amide bonds. The van der Waals surface area contributed by atoms with Crippen LogP contribution in [0.25, 0.3) is 0 Å². The van der Waals surface area contributed by atoms with Crippen molar-refractivity contribution in [3.63, 3.8) is 0 Å². The largest absolute Gasteiger partial charge is 0.352 e. The van der Waals surface area contributed by atoms with E-state index < -0.39 is 10.0 Å². The molecule has 21 heavy (non-hydrogen) atoms. The zero-order chi connectivity index (χ0) is 16.0. The van der Waals surface area contributed by atoms with Gasteiger partial charge in [0.15, 0.2) is 0 Å². The maximum Gasteiger partial charge on any atom is 0.242 e. The van der Waals surface area contributed by atoms with Crippen molar-refractivity contribution >= 4 is 15.9 Å². The van der Waals surface area contributed by atoms with Crippen molar-refractivity contribution in [3.8, 4) is 0 Å². The van der Waals surface area contributed by atoms with Crippen molar-refractivity contribution in [2.45, 2.75) is 37.2 Å². The molecule has 1 atom stereocenters. The first kappa shape index (κ1) is 17.6. The number of hydrogen-bond donors (Lipinski definition) is 2. The zero-order valence-corrected chi connectivity index (χ0v) is 13.5. The lowest BCUT2D eigenvalue weighted by molar-refractivity contribution is -0.121. The monoisotopic (exact) mass is 313 g/mol. The second kappa shape index (κ2) is 7.53. The molecule has 0 fully saturated rings. The Balaban J connectivity index is 2.79. The molecule has 0 radical (unpaired) electrons. The average molecular weight is 313 g/mol. The van der Waals surface area contributed by atoms with Crippen LogP contribution < -0.4 is 11.1 Å². The third-order valence-electron chi connectivity index (χ3n) is 3.03. The lowest BCUT2D eigenvalue weighted by Gasteiger charge is -2.15. The molecule has 1 unspecified atom stereocenters. The highest BCUT2D eigenvalue weighted by molar-refractivity contribution is 7.89. The minimum atomic E-state index is -3.52. The van der Waals surface area contributed by atoms with E-state index in [-0.39, 0.29) is 23.4 Å². The van der Waals surface area contributed by atoms with Crippen LogP contribution in [0.1, 0.15) is 25.3 Å². The third-order valence-corrected chi connectivity index (χ3v) is 4.95. The van der Waals surface area contributed by atoms with Gasteiger partial charge in [0.2, 0.25) is 15.9 Å². The molecule has 0 saturated heterocycles. The fourth-order valence-corrected chi connectivity index (χ4v) is 2.85. The summed E-state index contributed by atoms with van der Waals surface area (Å²) in [7, 11) is -0.560. The first-order chi connectivity index (χ1) is 9.75. The van der Waals surface area contributed by atoms with E-state index in [0.29, 0.717) is 18.4 Å². The molecule has 1 aromatic rings. The SMILES string of the molecule is CC(N)CCC(=O)NCc1ccccc1S(=O)(=O)N(C)C. The van der Waals surface area contributed by atoms with E-state index in [4.69, 9.17) is 5.73 Å². The molecule has 0 spiro atoms. The summed E-state index contributed by atoms with van der Waals surface area (Å²) in [6.45, 7) is 2.02.